The van der Waals surface area contributed by atoms with E-state index in [1.807, 2.05) is 30.3 Å². The van der Waals surface area contributed by atoms with Gasteiger partial charge in [-0.2, -0.15) is 0 Å². The van der Waals surface area contributed by atoms with Gasteiger partial charge in [0.25, 0.3) is 0 Å². The van der Waals surface area contributed by atoms with Crippen molar-refractivity contribution in [1.29, 1.82) is 0 Å². The summed E-state index contributed by atoms with van der Waals surface area (Å²) >= 11 is 0. The molecule has 0 aliphatic carbocycles. The minimum absolute atomic E-state index is 0.518. The van der Waals surface area contributed by atoms with Gasteiger partial charge in [0, 0.05) is 11.3 Å². The molecule has 0 aliphatic heterocycles. The second kappa shape index (κ2) is 6.02. The van der Waals surface area contributed by atoms with E-state index in [9.17, 15) is 0 Å². The lowest BCUT2D eigenvalue weighted by atomic mass is 10.1. The summed E-state index contributed by atoms with van der Waals surface area (Å²) in [6.07, 6.45) is 0. The van der Waals surface area contributed by atoms with Crippen LogP contribution in [-0.4, -0.2) is 10.2 Å². The fraction of sp³-hybridized carbons (Fsp3) is 0.222. The molecule has 0 radical (unpaired) electrons. The third-order valence-electron chi connectivity index (χ3n) is 3.58. The normalized spacial score (nSPS) is 10.7. The molecule has 0 amide bonds. The molecule has 3 rings (SSSR count). The van der Waals surface area contributed by atoms with Crippen LogP contribution in [0.25, 0.3) is 11.5 Å². The van der Waals surface area contributed by atoms with Gasteiger partial charge in [-0.05, 0) is 44.0 Å². The summed E-state index contributed by atoms with van der Waals surface area (Å²) in [4.78, 5) is 0. The van der Waals surface area contributed by atoms with Gasteiger partial charge in [-0.3, -0.25) is 0 Å². The smallest absolute Gasteiger partial charge is 0.247 e. The minimum Gasteiger partial charge on any atom is -0.419 e. The van der Waals surface area contributed by atoms with Gasteiger partial charge in [0.05, 0.1) is 6.54 Å². The van der Waals surface area contributed by atoms with E-state index < -0.39 is 0 Å². The summed E-state index contributed by atoms with van der Waals surface area (Å²) in [6, 6.07) is 14.1. The molecule has 0 saturated carbocycles. The summed E-state index contributed by atoms with van der Waals surface area (Å²) in [6.45, 7) is 6.83. The van der Waals surface area contributed by atoms with Gasteiger partial charge in [-0.1, -0.05) is 35.9 Å². The number of benzene rings is 2. The van der Waals surface area contributed by atoms with Crippen LogP contribution < -0.4 is 5.32 Å². The number of aryl methyl sites for hydroxylation is 3. The average molecular weight is 293 g/mol. The Kier molecular flexibility index (Phi) is 3.92. The number of aromatic nitrogens is 2. The number of nitrogens with one attached hydrogen (secondary N) is 1. The fourth-order valence-electron chi connectivity index (χ4n) is 2.65. The molecule has 0 aliphatic rings. The highest BCUT2D eigenvalue weighted by Gasteiger charge is 2.09. The van der Waals surface area contributed by atoms with Crippen LogP contribution in [0.5, 0.6) is 0 Å². The maximum Gasteiger partial charge on any atom is 0.247 e. The zero-order valence-electron chi connectivity index (χ0n) is 13.1. The van der Waals surface area contributed by atoms with Crippen molar-refractivity contribution in [3.63, 3.8) is 0 Å². The van der Waals surface area contributed by atoms with Crippen LogP contribution in [0.2, 0.25) is 0 Å². The molecule has 0 unspecified atom stereocenters. The molecule has 4 nitrogen and oxygen atoms in total. The molecule has 112 valence electrons. The van der Waals surface area contributed by atoms with Crippen LogP contribution in [0.15, 0.2) is 46.9 Å². The predicted octanol–water partition coefficient (Wildman–Crippen LogP) is 4.27. The predicted molar refractivity (Wildman–Crippen MR) is 87.7 cm³/mol. The summed E-state index contributed by atoms with van der Waals surface area (Å²) < 4.78 is 5.71. The van der Waals surface area contributed by atoms with Crippen LogP contribution in [0.4, 0.5) is 5.69 Å². The fourth-order valence-corrected chi connectivity index (χ4v) is 2.65. The second-order valence-electron chi connectivity index (χ2n) is 5.49. The lowest BCUT2D eigenvalue weighted by molar-refractivity contribution is 0.515. The Morgan fingerprint density at radius 1 is 0.955 bits per heavy atom. The Hall–Kier alpha value is -2.62. The first-order valence-corrected chi connectivity index (χ1v) is 7.33. The van der Waals surface area contributed by atoms with Crippen molar-refractivity contribution in [2.75, 3.05) is 5.32 Å². The number of nitrogens with zero attached hydrogens (tertiary/aromatic N) is 2. The van der Waals surface area contributed by atoms with E-state index in [0.29, 0.717) is 18.3 Å². The second-order valence-corrected chi connectivity index (χ2v) is 5.49. The van der Waals surface area contributed by atoms with Gasteiger partial charge in [0.15, 0.2) is 0 Å². The van der Waals surface area contributed by atoms with Gasteiger partial charge in [0.2, 0.25) is 11.8 Å². The SMILES string of the molecule is Cc1cc(C)c(NCc2nnc(-c3ccccc3)o2)c(C)c1. The van der Waals surface area contributed by atoms with Crippen molar-refractivity contribution < 1.29 is 4.42 Å². The van der Waals surface area contributed by atoms with Crippen molar-refractivity contribution >= 4 is 5.69 Å². The first-order chi connectivity index (χ1) is 10.6. The van der Waals surface area contributed by atoms with Gasteiger partial charge in [-0.25, -0.2) is 0 Å². The lowest BCUT2D eigenvalue weighted by Gasteiger charge is -2.12. The zero-order chi connectivity index (χ0) is 15.5. The van der Waals surface area contributed by atoms with Crippen molar-refractivity contribution in [3.05, 3.63) is 65.0 Å². The standard InChI is InChI=1S/C18H19N3O/c1-12-9-13(2)17(14(3)10-12)19-11-16-20-21-18(22-16)15-7-5-4-6-8-15/h4-10,19H,11H2,1-3H3. The Bertz CT molecular complexity index is 755. The van der Waals surface area contributed by atoms with E-state index in [4.69, 9.17) is 4.42 Å². The maximum absolute atomic E-state index is 5.71. The number of rotatable bonds is 4. The summed E-state index contributed by atoms with van der Waals surface area (Å²) in [5.41, 5.74) is 5.78. The molecule has 2 aromatic carbocycles. The molecule has 1 N–H and O–H groups in total. The third-order valence-corrected chi connectivity index (χ3v) is 3.58. The molecule has 0 saturated heterocycles. The first kappa shape index (κ1) is 14.3. The lowest BCUT2D eigenvalue weighted by Crippen LogP contribution is -2.03. The Labute approximate surface area is 130 Å². The molecule has 0 fully saturated rings. The summed E-state index contributed by atoms with van der Waals surface area (Å²) in [7, 11) is 0. The van der Waals surface area contributed by atoms with Crippen LogP contribution in [-0.2, 0) is 6.54 Å². The molecular formula is C18H19N3O. The van der Waals surface area contributed by atoms with E-state index in [2.05, 4.69) is 48.4 Å². The number of hydrogen-bond donors (Lipinski definition) is 1. The Morgan fingerprint density at radius 3 is 2.32 bits per heavy atom. The topological polar surface area (TPSA) is 51.0 Å². The Morgan fingerprint density at radius 2 is 1.64 bits per heavy atom. The van der Waals surface area contributed by atoms with E-state index >= 15 is 0 Å². The minimum atomic E-state index is 0.518. The zero-order valence-corrected chi connectivity index (χ0v) is 13.1. The van der Waals surface area contributed by atoms with Crippen molar-refractivity contribution in [2.24, 2.45) is 0 Å². The molecule has 1 aromatic heterocycles. The van der Waals surface area contributed by atoms with E-state index in [0.717, 1.165) is 11.3 Å². The highest BCUT2D eigenvalue weighted by molar-refractivity contribution is 5.58. The van der Waals surface area contributed by atoms with Crippen LogP contribution >= 0.6 is 0 Å². The molecule has 0 atom stereocenters. The van der Waals surface area contributed by atoms with Crippen LogP contribution in [0.3, 0.4) is 0 Å². The molecule has 0 bridgehead atoms. The maximum atomic E-state index is 5.71. The Balaban J connectivity index is 1.74. The van der Waals surface area contributed by atoms with Gasteiger partial charge in [0.1, 0.15) is 0 Å². The molecular weight excluding hydrogens is 274 g/mol. The highest BCUT2D eigenvalue weighted by Crippen LogP contribution is 2.23. The molecule has 22 heavy (non-hydrogen) atoms. The van der Waals surface area contributed by atoms with Crippen molar-refractivity contribution in [2.45, 2.75) is 27.3 Å². The van der Waals surface area contributed by atoms with Crippen molar-refractivity contribution in [1.82, 2.24) is 10.2 Å². The molecule has 3 aromatic rings. The molecule has 0 spiro atoms. The third kappa shape index (κ3) is 3.01. The molecule has 4 heteroatoms. The monoisotopic (exact) mass is 293 g/mol. The average Bonchev–Trinajstić information content (AvgIpc) is 2.96. The van der Waals surface area contributed by atoms with Crippen LogP contribution in [0.1, 0.15) is 22.6 Å². The van der Waals surface area contributed by atoms with Gasteiger partial charge >= 0.3 is 0 Å². The number of anilines is 1. The highest BCUT2D eigenvalue weighted by atomic mass is 16.4. The summed E-state index contributed by atoms with van der Waals surface area (Å²) in [5, 5.41) is 11.6. The van der Waals surface area contributed by atoms with Crippen LogP contribution in [0, 0.1) is 20.8 Å². The van der Waals surface area contributed by atoms with E-state index in [1.165, 1.54) is 16.7 Å². The number of hydrogen-bond acceptors (Lipinski definition) is 4. The van der Waals surface area contributed by atoms with E-state index in [1.54, 1.807) is 0 Å². The van der Waals surface area contributed by atoms with Crippen molar-refractivity contribution in [3.8, 4) is 11.5 Å². The summed E-state index contributed by atoms with van der Waals surface area (Å²) in [5.74, 6) is 1.13. The van der Waals surface area contributed by atoms with E-state index in [-0.39, 0.29) is 0 Å². The molecule has 1 heterocycles. The first-order valence-electron chi connectivity index (χ1n) is 7.33. The quantitative estimate of drug-likeness (QED) is 0.780. The van der Waals surface area contributed by atoms with Gasteiger partial charge < -0.3 is 9.73 Å². The van der Waals surface area contributed by atoms with Gasteiger partial charge in [-0.15, -0.1) is 10.2 Å². The largest absolute Gasteiger partial charge is 0.419 e.